The number of aromatic hydroxyl groups is 1. The van der Waals surface area contributed by atoms with E-state index in [1.165, 1.54) is 18.3 Å². The molecule has 0 saturated carbocycles. The lowest BCUT2D eigenvalue weighted by Gasteiger charge is -2.11. The second-order valence-corrected chi connectivity index (χ2v) is 6.55. The fourth-order valence-corrected chi connectivity index (χ4v) is 2.68. The largest absolute Gasteiger partial charge is 0.504 e. The number of benzene rings is 2. The van der Waals surface area contributed by atoms with Gasteiger partial charge in [-0.15, -0.1) is 6.58 Å². The highest BCUT2D eigenvalue weighted by Gasteiger charge is 2.30. The maximum absolute atomic E-state index is 12.7. The van der Waals surface area contributed by atoms with Crippen molar-refractivity contribution in [2.45, 2.75) is 25.9 Å². The summed E-state index contributed by atoms with van der Waals surface area (Å²) in [5.41, 5.74) is 2.25. The van der Waals surface area contributed by atoms with Crippen LogP contribution in [0.5, 0.6) is 11.5 Å². The van der Waals surface area contributed by atoms with Crippen LogP contribution in [0.4, 0.5) is 18.9 Å². The number of hydrogen-bond donors (Lipinski definition) is 3. The van der Waals surface area contributed by atoms with Gasteiger partial charge in [0.2, 0.25) is 11.8 Å². The molecule has 0 saturated heterocycles. The van der Waals surface area contributed by atoms with Crippen molar-refractivity contribution in [1.29, 1.82) is 0 Å². The number of ether oxygens (including phenoxy) is 1. The Morgan fingerprint density at radius 1 is 1.22 bits per heavy atom. The van der Waals surface area contributed by atoms with Gasteiger partial charge in [0, 0.05) is 11.3 Å². The number of carbonyl (C=O) groups is 2. The molecule has 2 aromatic rings. The van der Waals surface area contributed by atoms with Gasteiger partial charge in [0.05, 0.1) is 18.4 Å². The topological polar surface area (TPSA) is 100 Å². The molecule has 0 radical (unpaired) electrons. The molecule has 0 spiro atoms. The molecule has 0 aliphatic carbocycles. The Morgan fingerprint density at radius 3 is 2.62 bits per heavy atom. The average Bonchev–Trinajstić information content (AvgIpc) is 2.71. The first kappa shape index (κ1) is 24.4. The molecule has 2 amide bonds. The predicted molar refractivity (Wildman–Crippen MR) is 114 cm³/mol. The van der Waals surface area contributed by atoms with E-state index in [0.717, 1.165) is 18.2 Å². The lowest BCUT2D eigenvalue weighted by atomic mass is 10.1. The number of alkyl halides is 3. The SMILES string of the molecule is C=CCc1cc(C=NNC(=O)CC(=O)Nc2cccc(C(F)(F)F)c2)cc(OCC)c1O. The minimum atomic E-state index is -4.55. The Kier molecular flexibility index (Phi) is 8.39. The van der Waals surface area contributed by atoms with Crippen molar-refractivity contribution in [3.05, 3.63) is 65.7 Å². The van der Waals surface area contributed by atoms with E-state index < -0.39 is 30.0 Å². The fourth-order valence-electron chi connectivity index (χ4n) is 2.68. The summed E-state index contributed by atoms with van der Waals surface area (Å²) in [7, 11) is 0. The summed E-state index contributed by atoms with van der Waals surface area (Å²) in [4.78, 5) is 23.8. The fraction of sp³-hybridized carbons (Fsp3) is 0.227. The molecule has 32 heavy (non-hydrogen) atoms. The van der Waals surface area contributed by atoms with E-state index in [1.807, 2.05) is 0 Å². The van der Waals surface area contributed by atoms with E-state index in [-0.39, 0.29) is 17.2 Å². The minimum absolute atomic E-state index is 0.0146. The number of phenolic OH excluding ortho intramolecular Hbond substituents is 1. The molecule has 0 fully saturated rings. The summed E-state index contributed by atoms with van der Waals surface area (Å²) >= 11 is 0. The third kappa shape index (κ3) is 7.15. The quantitative estimate of drug-likeness (QED) is 0.233. The summed E-state index contributed by atoms with van der Waals surface area (Å²) in [5, 5.41) is 16.2. The van der Waals surface area contributed by atoms with Gasteiger partial charge in [0.15, 0.2) is 11.5 Å². The first-order valence-electron chi connectivity index (χ1n) is 9.52. The standard InChI is InChI=1S/C22H22F3N3O4/c1-3-6-15-9-14(10-18(21(15)31)32-4-2)13-26-28-20(30)12-19(29)27-17-8-5-7-16(11-17)22(23,24)25/h3,5,7-11,13,31H,1,4,6,12H2,2H3,(H,27,29)(H,28,30). The third-order valence-corrected chi connectivity index (χ3v) is 4.04. The number of rotatable bonds is 9. The zero-order valence-electron chi connectivity index (χ0n) is 17.2. The first-order valence-corrected chi connectivity index (χ1v) is 9.52. The first-order chi connectivity index (χ1) is 15.1. The van der Waals surface area contributed by atoms with Crippen molar-refractivity contribution in [3.63, 3.8) is 0 Å². The van der Waals surface area contributed by atoms with Crippen LogP contribution in [0.25, 0.3) is 0 Å². The third-order valence-electron chi connectivity index (χ3n) is 4.04. The number of halogens is 3. The average molecular weight is 449 g/mol. The van der Waals surface area contributed by atoms with Crippen LogP contribution in [0.3, 0.4) is 0 Å². The van der Waals surface area contributed by atoms with Gasteiger partial charge in [-0.1, -0.05) is 12.1 Å². The van der Waals surface area contributed by atoms with E-state index in [9.17, 15) is 27.9 Å². The van der Waals surface area contributed by atoms with Gasteiger partial charge in [-0.2, -0.15) is 18.3 Å². The van der Waals surface area contributed by atoms with Crippen LogP contribution < -0.4 is 15.5 Å². The molecule has 2 rings (SSSR count). The van der Waals surface area contributed by atoms with Crippen molar-refractivity contribution < 1.29 is 32.6 Å². The van der Waals surface area contributed by atoms with Gasteiger partial charge in [0.1, 0.15) is 6.42 Å². The van der Waals surface area contributed by atoms with Crippen LogP contribution in [0, 0.1) is 0 Å². The molecule has 7 nitrogen and oxygen atoms in total. The van der Waals surface area contributed by atoms with E-state index in [4.69, 9.17) is 4.74 Å². The minimum Gasteiger partial charge on any atom is -0.504 e. The number of anilines is 1. The van der Waals surface area contributed by atoms with Crippen molar-refractivity contribution in [3.8, 4) is 11.5 Å². The molecule has 0 aliphatic heterocycles. The smallest absolute Gasteiger partial charge is 0.416 e. The Bertz CT molecular complexity index is 1020. The second kappa shape index (κ2) is 11.0. The molecule has 170 valence electrons. The van der Waals surface area contributed by atoms with E-state index in [1.54, 1.807) is 19.1 Å². The zero-order valence-corrected chi connectivity index (χ0v) is 17.2. The van der Waals surface area contributed by atoms with Gasteiger partial charge in [-0.05, 0) is 49.2 Å². The molecule has 0 aromatic heterocycles. The summed E-state index contributed by atoms with van der Waals surface area (Å²) in [6.07, 6.45) is -1.90. The molecule has 10 heteroatoms. The second-order valence-electron chi connectivity index (χ2n) is 6.55. The molecule has 0 atom stereocenters. The van der Waals surface area contributed by atoms with Crippen LogP contribution in [0.15, 0.2) is 54.2 Å². The Balaban J connectivity index is 1.98. The molecule has 2 aromatic carbocycles. The van der Waals surface area contributed by atoms with Crippen LogP contribution >= 0.6 is 0 Å². The van der Waals surface area contributed by atoms with E-state index in [0.29, 0.717) is 24.2 Å². The lowest BCUT2D eigenvalue weighted by Crippen LogP contribution is -2.24. The highest BCUT2D eigenvalue weighted by molar-refractivity contribution is 6.03. The van der Waals surface area contributed by atoms with Crippen LogP contribution in [-0.2, 0) is 22.2 Å². The van der Waals surface area contributed by atoms with Crippen molar-refractivity contribution in [2.24, 2.45) is 5.10 Å². The summed E-state index contributed by atoms with van der Waals surface area (Å²) in [6.45, 7) is 5.72. The van der Waals surface area contributed by atoms with E-state index >= 15 is 0 Å². The van der Waals surface area contributed by atoms with Gasteiger partial charge in [-0.25, -0.2) is 5.43 Å². The maximum atomic E-state index is 12.7. The van der Waals surface area contributed by atoms with Crippen molar-refractivity contribution in [1.82, 2.24) is 5.43 Å². The monoisotopic (exact) mass is 449 g/mol. The Hall–Kier alpha value is -3.82. The molecular formula is C22H22F3N3O4. The predicted octanol–water partition coefficient (Wildman–Crippen LogP) is 4.02. The van der Waals surface area contributed by atoms with E-state index in [2.05, 4.69) is 22.4 Å². The maximum Gasteiger partial charge on any atom is 0.416 e. The van der Waals surface area contributed by atoms with Gasteiger partial charge in [-0.3, -0.25) is 9.59 Å². The Labute approximate surface area is 182 Å². The molecule has 0 unspecified atom stereocenters. The molecule has 0 aliphatic rings. The number of hydrogen-bond acceptors (Lipinski definition) is 5. The molecule has 0 heterocycles. The molecule has 3 N–H and O–H groups in total. The summed E-state index contributed by atoms with van der Waals surface area (Å²) < 4.78 is 43.6. The van der Waals surface area contributed by atoms with Gasteiger partial charge >= 0.3 is 6.18 Å². The van der Waals surface area contributed by atoms with Crippen molar-refractivity contribution in [2.75, 3.05) is 11.9 Å². The number of nitrogens with one attached hydrogen (secondary N) is 2. The van der Waals surface area contributed by atoms with Crippen LogP contribution in [-0.4, -0.2) is 29.7 Å². The normalized spacial score (nSPS) is 11.2. The molecular weight excluding hydrogens is 427 g/mol. The summed E-state index contributed by atoms with van der Waals surface area (Å²) in [5.74, 6) is -1.33. The number of nitrogens with zero attached hydrogens (tertiary/aromatic N) is 1. The zero-order chi connectivity index (χ0) is 23.7. The number of carbonyl (C=O) groups excluding carboxylic acids is 2. The van der Waals surface area contributed by atoms with Crippen LogP contribution in [0.1, 0.15) is 30.0 Å². The number of phenols is 1. The number of allylic oxidation sites excluding steroid dienone is 1. The molecule has 0 bridgehead atoms. The van der Waals surface area contributed by atoms with Crippen LogP contribution in [0.2, 0.25) is 0 Å². The number of hydrazone groups is 1. The van der Waals surface area contributed by atoms with Gasteiger partial charge < -0.3 is 15.2 Å². The highest BCUT2D eigenvalue weighted by atomic mass is 19.4. The lowest BCUT2D eigenvalue weighted by molar-refractivity contribution is -0.137. The number of amides is 2. The van der Waals surface area contributed by atoms with Crippen molar-refractivity contribution >= 4 is 23.7 Å². The van der Waals surface area contributed by atoms with Gasteiger partial charge in [0.25, 0.3) is 0 Å². The Morgan fingerprint density at radius 2 is 1.97 bits per heavy atom. The summed E-state index contributed by atoms with van der Waals surface area (Å²) in [6, 6.07) is 7.24. The highest BCUT2D eigenvalue weighted by Crippen LogP contribution is 2.32.